The summed E-state index contributed by atoms with van der Waals surface area (Å²) < 4.78 is 0. The quantitative estimate of drug-likeness (QED) is 0.476. The molecule has 96 valence electrons. The van der Waals surface area contributed by atoms with Crippen LogP contribution in [0.2, 0.25) is 0 Å². The first-order chi connectivity index (χ1) is 9.08. The van der Waals surface area contributed by atoms with Crippen LogP contribution in [0.15, 0.2) is 18.3 Å². The van der Waals surface area contributed by atoms with Crippen molar-refractivity contribution in [3.8, 4) is 11.8 Å². The van der Waals surface area contributed by atoms with Crippen LogP contribution in [0, 0.1) is 22.0 Å². The van der Waals surface area contributed by atoms with Crippen LogP contribution in [-0.2, 0) is 4.79 Å². The van der Waals surface area contributed by atoms with Crippen LogP contribution in [0.4, 0.5) is 5.69 Å². The van der Waals surface area contributed by atoms with Crippen molar-refractivity contribution in [2.45, 2.75) is 6.92 Å². The van der Waals surface area contributed by atoms with Crippen LogP contribution < -0.4 is 5.32 Å². The lowest BCUT2D eigenvalue weighted by atomic mass is 10.1. The molecule has 0 unspecified atom stereocenters. The van der Waals surface area contributed by atoms with Crippen LogP contribution in [0.1, 0.15) is 12.5 Å². The van der Waals surface area contributed by atoms with E-state index in [0.29, 0.717) is 16.5 Å². The minimum absolute atomic E-state index is 0.0462. The molecule has 2 N–H and O–H groups in total. The summed E-state index contributed by atoms with van der Waals surface area (Å²) in [6.45, 7) is 1.59. The molecule has 2 rings (SSSR count). The van der Waals surface area contributed by atoms with Gasteiger partial charge in [0, 0.05) is 18.6 Å². The van der Waals surface area contributed by atoms with E-state index in [4.69, 9.17) is 0 Å². The molecule has 0 atom stereocenters. The largest absolute Gasteiger partial charge is 0.345 e. The van der Waals surface area contributed by atoms with Gasteiger partial charge < -0.3 is 5.32 Å². The number of H-pyrrole nitrogens is 1. The third kappa shape index (κ3) is 2.87. The van der Waals surface area contributed by atoms with Crippen LogP contribution in [0.3, 0.4) is 0 Å². The zero-order valence-electron chi connectivity index (χ0n) is 10.1. The highest BCUT2D eigenvalue weighted by atomic mass is 16.6. The van der Waals surface area contributed by atoms with Gasteiger partial charge in [0.1, 0.15) is 0 Å². The van der Waals surface area contributed by atoms with E-state index in [2.05, 4.69) is 27.4 Å². The van der Waals surface area contributed by atoms with Gasteiger partial charge >= 0.3 is 0 Å². The molecule has 0 aliphatic rings. The highest BCUT2D eigenvalue weighted by Gasteiger charge is 2.14. The Morgan fingerprint density at radius 1 is 1.58 bits per heavy atom. The minimum atomic E-state index is -0.475. The Kier molecular flexibility index (Phi) is 3.43. The fourth-order valence-electron chi connectivity index (χ4n) is 1.57. The SMILES string of the molecule is CC(=O)NCC#Cc1cc([N+](=O)[O-])c2cn[nH]c2c1. The first-order valence-corrected chi connectivity index (χ1v) is 5.43. The Labute approximate surface area is 108 Å². The summed E-state index contributed by atoms with van der Waals surface area (Å²) in [5.41, 5.74) is 1.00. The number of nitrogens with zero attached hydrogens (tertiary/aromatic N) is 2. The number of fused-ring (bicyclic) bond motifs is 1. The molecule has 1 heterocycles. The Morgan fingerprint density at radius 2 is 2.37 bits per heavy atom. The van der Waals surface area contributed by atoms with Gasteiger partial charge in [-0.2, -0.15) is 5.10 Å². The second-order valence-electron chi connectivity index (χ2n) is 3.80. The number of hydrogen-bond acceptors (Lipinski definition) is 4. The van der Waals surface area contributed by atoms with Gasteiger partial charge in [0.15, 0.2) is 0 Å². The molecule has 19 heavy (non-hydrogen) atoms. The number of nitrogens with one attached hydrogen (secondary N) is 2. The van der Waals surface area contributed by atoms with Crippen LogP contribution in [0.5, 0.6) is 0 Å². The molecule has 0 radical (unpaired) electrons. The molecular weight excluding hydrogens is 248 g/mol. The van der Waals surface area contributed by atoms with Crippen molar-refractivity contribution in [3.05, 3.63) is 34.0 Å². The van der Waals surface area contributed by atoms with E-state index in [-0.39, 0.29) is 18.1 Å². The van der Waals surface area contributed by atoms with Crippen LogP contribution in [0.25, 0.3) is 10.9 Å². The van der Waals surface area contributed by atoms with Gasteiger partial charge in [-0.3, -0.25) is 20.0 Å². The smallest absolute Gasteiger partial charge is 0.281 e. The van der Waals surface area contributed by atoms with E-state index in [0.717, 1.165) is 0 Å². The minimum Gasteiger partial charge on any atom is -0.345 e. The molecule has 7 heteroatoms. The zero-order valence-corrected chi connectivity index (χ0v) is 10.1. The van der Waals surface area contributed by atoms with Gasteiger partial charge in [0.2, 0.25) is 5.91 Å². The van der Waals surface area contributed by atoms with Crippen molar-refractivity contribution >= 4 is 22.5 Å². The highest BCUT2D eigenvalue weighted by molar-refractivity contribution is 5.88. The molecule has 0 spiro atoms. The lowest BCUT2D eigenvalue weighted by Crippen LogP contribution is -2.19. The van der Waals surface area contributed by atoms with E-state index in [1.54, 1.807) is 6.07 Å². The van der Waals surface area contributed by atoms with E-state index >= 15 is 0 Å². The molecule has 0 saturated carbocycles. The maximum absolute atomic E-state index is 10.9. The van der Waals surface area contributed by atoms with E-state index in [1.807, 2.05) is 0 Å². The number of benzene rings is 1. The van der Waals surface area contributed by atoms with E-state index < -0.39 is 4.92 Å². The lowest BCUT2D eigenvalue weighted by Gasteiger charge is -1.96. The van der Waals surface area contributed by atoms with Gasteiger partial charge in [-0.05, 0) is 6.07 Å². The molecule has 0 fully saturated rings. The molecular formula is C12H10N4O3. The van der Waals surface area contributed by atoms with Crippen molar-refractivity contribution in [3.63, 3.8) is 0 Å². The Balaban J connectivity index is 2.33. The normalized spacial score (nSPS) is 9.74. The fourth-order valence-corrected chi connectivity index (χ4v) is 1.57. The monoisotopic (exact) mass is 258 g/mol. The molecule has 1 amide bonds. The predicted molar refractivity (Wildman–Crippen MR) is 68.3 cm³/mol. The van der Waals surface area contributed by atoms with Crippen LogP contribution >= 0.6 is 0 Å². The summed E-state index contributed by atoms with van der Waals surface area (Å²) in [4.78, 5) is 21.1. The van der Waals surface area contributed by atoms with Gasteiger partial charge in [-0.25, -0.2) is 0 Å². The number of rotatable bonds is 2. The molecule has 0 aliphatic carbocycles. The molecule has 1 aromatic carbocycles. The second kappa shape index (κ2) is 5.18. The third-order valence-electron chi connectivity index (χ3n) is 2.39. The summed E-state index contributed by atoms with van der Waals surface area (Å²) in [7, 11) is 0. The summed E-state index contributed by atoms with van der Waals surface area (Å²) in [6.07, 6.45) is 1.40. The fraction of sp³-hybridized carbons (Fsp3) is 0.167. The molecule has 2 aromatic rings. The van der Waals surface area contributed by atoms with Crippen molar-refractivity contribution in [2.75, 3.05) is 6.54 Å². The average molecular weight is 258 g/mol. The van der Waals surface area contributed by atoms with Gasteiger partial charge in [0.25, 0.3) is 5.69 Å². The van der Waals surface area contributed by atoms with Crippen molar-refractivity contribution in [1.82, 2.24) is 15.5 Å². The maximum atomic E-state index is 10.9. The molecule has 0 bridgehead atoms. The summed E-state index contributed by atoms with van der Waals surface area (Å²) in [6, 6.07) is 3.06. The topological polar surface area (TPSA) is 101 Å². The number of carbonyl (C=O) groups is 1. The Morgan fingerprint density at radius 3 is 3.05 bits per heavy atom. The number of hydrogen-bond donors (Lipinski definition) is 2. The Hall–Kier alpha value is -2.88. The van der Waals surface area contributed by atoms with Crippen molar-refractivity contribution in [2.24, 2.45) is 0 Å². The third-order valence-corrected chi connectivity index (χ3v) is 2.39. The molecule has 1 aromatic heterocycles. The molecule has 0 saturated heterocycles. The summed E-state index contributed by atoms with van der Waals surface area (Å²) >= 11 is 0. The first-order valence-electron chi connectivity index (χ1n) is 5.43. The number of amides is 1. The van der Waals surface area contributed by atoms with Gasteiger partial charge in [-0.15, -0.1) is 0 Å². The number of aromatic nitrogens is 2. The number of non-ortho nitro benzene ring substituents is 1. The highest BCUT2D eigenvalue weighted by Crippen LogP contribution is 2.25. The predicted octanol–water partition coefficient (Wildman–Crippen LogP) is 0.959. The van der Waals surface area contributed by atoms with Crippen molar-refractivity contribution < 1.29 is 9.72 Å². The lowest BCUT2D eigenvalue weighted by molar-refractivity contribution is -0.383. The van der Waals surface area contributed by atoms with Gasteiger partial charge in [-0.1, -0.05) is 11.8 Å². The van der Waals surface area contributed by atoms with E-state index in [9.17, 15) is 14.9 Å². The number of nitro groups is 1. The number of nitro benzene ring substituents is 1. The van der Waals surface area contributed by atoms with E-state index in [1.165, 1.54) is 19.2 Å². The van der Waals surface area contributed by atoms with Crippen molar-refractivity contribution in [1.29, 1.82) is 0 Å². The maximum Gasteiger partial charge on any atom is 0.281 e. The number of aromatic amines is 1. The number of carbonyl (C=O) groups excluding carboxylic acids is 1. The second-order valence-corrected chi connectivity index (χ2v) is 3.80. The molecule has 7 nitrogen and oxygen atoms in total. The Bertz CT molecular complexity index is 709. The first kappa shape index (κ1) is 12.6. The van der Waals surface area contributed by atoms with Gasteiger partial charge in [0.05, 0.1) is 28.6 Å². The van der Waals surface area contributed by atoms with Crippen LogP contribution in [-0.4, -0.2) is 27.6 Å². The molecule has 0 aliphatic heterocycles. The standard InChI is InChI=1S/C12H10N4O3/c1-8(17)13-4-2-3-9-5-11-10(7-14-15-11)12(6-9)16(18)19/h5-7H,4H2,1H3,(H,13,17)(H,14,15). The zero-order chi connectivity index (χ0) is 13.8. The summed E-state index contributed by atoms with van der Waals surface area (Å²) in [5, 5.41) is 20.3. The summed E-state index contributed by atoms with van der Waals surface area (Å²) in [5.74, 6) is 5.30. The average Bonchev–Trinajstić information content (AvgIpc) is 2.81.